The molecule has 1 fully saturated rings. The lowest BCUT2D eigenvalue weighted by Gasteiger charge is -2.38. The van der Waals surface area contributed by atoms with E-state index < -0.39 is 11.7 Å². The van der Waals surface area contributed by atoms with Crippen molar-refractivity contribution in [3.63, 3.8) is 0 Å². The zero-order valence-corrected chi connectivity index (χ0v) is 12.6. The van der Waals surface area contributed by atoms with Crippen molar-refractivity contribution < 1.29 is 15.0 Å². The number of carbonyl (C=O) groups is 1. The van der Waals surface area contributed by atoms with Crippen LogP contribution in [0.5, 0.6) is 0 Å². The van der Waals surface area contributed by atoms with Crippen molar-refractivity contribution in [2.24, 2.45) is 5.92 Å². The van der Waals surface area contributed by atoms with E-state index in [9.17, 15) is 9.90 Å². The molecular formula is C17H25NO3. The SMILES string of the molecule is CCC1(O)CCC(C(Cc2ccccc2)NC(=O)O)CC1. The zero-order valence-electron chi connectivity index (χ0n) is 12.6. The third kappa shape index (κ3) is 4.46. The van der Waals surface area contributed by atoms with E-state index in [4.69, 9.17) is 5.11 Å². The van der Waals surface area contributed by atoms with Gasteiger partial charge in [0.05, 0.1) is 5.60 Å². The largest absolute Gasteiger partial charge is 0.465 e. The molecule has 116 valence electrons. The minimum absolute atomic E-state index is 0.0775. The summed E-state index contributed by atoms with van der Waals surface area (Å²) in [5.74, 6) is 0.299. The molecule has 2 rings (SSSR count). The number of rotatable bonds is 5. The molecule has 1 saturated carbocycles. The first-order valence-corrected chi connectivity index (χ1v) is 7.78. The second-order valence-corrected chi connectivity index (χ2v) is 6.16. The molecule has 1 aromatic rings. The van der Waals surface area contributed by atoms with Gasteiger partial charge in [0.1, 0.15) is 0 Å². The Morgan fingerprint density at radius 3 is 2.48 bits per heavy atom. The van der Waals surface area contributed by atoms with E-state index in [2.05, 4.69) is 5.32 Å². The lowest BCUT2D eigenvalue weighted by molar-refractivity contribution is -0.0167. The molecule has 0 bridgehead atoms. The summed E-state index contributed by atoms with van der Waals surface area (Å²) in [6.45, 7) is 2.01. The third-order valence-electron chi connectivity index (χ3n) is 4.80. The highest BCUT2D eigenvalue weighted by Crippen LogP contribution is 2.36. The molecule has 1 aliphatic carbocycles. The maximum Gasteiger partial charge on any atom is 0.404 e. The van der Waals surface area contributed by atoms with Gasteiger partial charge in [0.15, 0.2) is 0 Å². The molecule has 0 saturated heterocycles. The summed E-state index contributed by atoms with van der Waals surface area (Å²) in [7, 11) is 0. The summed E-state index contributed by atoms with van der Waals surface area (Å²) in [6, 6.07) is 9.90. The standard InChI is InChI=1S/C17H25NO3/c1-2-17(21)10-8-14(9-11-17)15(18-16(19)20)12-13-6-4-3-5-7-13/h3-7,14-15,18,21H,2,8-12H2,1H3,(H,19,20). The molecule has 1 amide bonds. The molecule has 0 spiro atoms. The molecule has 1 aromatic carbocycles. The van der Waals surface area contributed by atoms with Gasteiger partial charge < -0.3 is 15.5 Å². The van der Waals surface area contributed by atoms with Crippen LogP contribution in [-0.2, 0) is 6.42 Å². The number of nitrogens with one attached hydrogen (secondary N) is 1. The van der Waals surface area contributed by atoms with Crippen LogP contribution in [0.3, 0.4) is 0 Å². The Balaban J connectivity index is 2.01. The number of benzene rings is 1. The lowest BCUT2D eigenvalue weighted by atomic mass is 9.74. The first kappa shape index (κ1) is 15.8. The molecule has 4 nitrogen and oxygen atoms in total. The number of amides is 1. The Bertz CT molecular complexity index is 452. The van der Waals surface area contributed by atoms with Crippen molar-refractivity contribution in [1.29, 1.82) is 0 Å². The van der Waals surface area contributed by atoms with Crippen LogP contribution in [0.4, 0.5) is 4.79 Å². The van der Waals surface area contributed by atoms with Crippen molar-refractivity contribution in [3.8, 4) is 0 Å². The molecule has 1 unspecified atom stereocenters. The van der Waals surface area contributed by atoms with Crippen molar-refractivity contribution in [2.45, 2.75) is 57.1 Å². The van der Waals surface area contributed by atoms with E-state index in [0.29, 0.717) is 12.3 Å². The number of carboxylic acid groups (broad SMARTS) is 1. The highest BCUT2D eigenvalue weighted by atomic mass is 16.4. The average Bonchev–Trinajstić information content (AvgIpc) is 2.48. The van der Waals surface area contributed by atoms with Crippen LogP contribution < -0.4 is 5.32 Å². The van der Waals surface area contributed by atoms with Gasteiger partial charge in [-0.15, -0.1) is 0 Å². The maximum absolute atomic E-state index is 11.1. The normalized spacial score (nSPS) is 27.0. The lowest BCUT2D eigenvalue weighted by Crippen LogP contribution is -2.45. The van der Waals surface area contributed by atoms with Gasteiger partial charge in [-0.1, -0.05) is 37.3 Å². The minimum Gasteiger partial charge on any atom is -0.465 e. The van der Waals surface area contributed by atoms with E-state index in [-0.39, 0.29) is 6.04 Å². The van der Waals surface area contributed by atoms with Crippen LogP contribution in [0.2, 0.25) is 0 Å². The van der Waals surface area contributed by atoms with Crippen LogP contribution in [-0.4, -0.2) is 27.9 Å². The van der Waals surface area contributed by atoms with Crippen LogP contribution in [0, 0.1) is 5.92 Å². The molecule has 3 N–H and O–H groups in total. The Hall–Kier alpha value is -1.55. The van der Waals surface area contributed by atoms with Gasteiger partial charge in [-0.25, -0.2) is 4.79 Å². The van der Waals surface area contributed by atoms with Gasteiger partial charge in [0.2, 0.25) is 0 Å². The van der Waals surface area contributed by atoms with Crippen molar-refractivity contribution in [3.05, 3.63) is 35.9 Å². The van der Waals surface area contributed by atoms with E-state index in [0.717, 1.165) is 37.7 Å². The Morgan fingerprint density at radius 2 is 1.95 bits per heavy atom. The molecule has 4 heteroatoms. The molecule has 1 atom stereocenters. The van der Waals surface area contributed by atoms with Gasteiger partial charge in [0.25, 0.3) is 0 Å². The van der Waals surface area contributed by atoms with Crippen molar-refractivity contribution in [2.75, 3.05) is 0 Å². The second-order valence-electron chi connectivity index (χ2n) is 6.16. The molecular weight excluding hydrogens is 266 g/mol. The Labute approximate surface area is 126 Å². The summed E-state index contributed by atoms with van der Waals surface area (Å²) < 4.78 is 0. The predicted octanol–water partition coefficient (Wildman–Crippen LogP) is 3.20. The van der Waals surface area contributed by atoms with E-state index in [1.807, 2.05) is 37.3 Å². The fraction of sp³-hybridized carbons (Fsp3) is 0.588. The van der Waals surface area contributed by atoms with E-state index in [1.54, 1.807) is 0 Å². The highest BCUT2D eigenvalue weighted by molar-refractivity contribution is 5.65. The molecule has 0 aliphatic heterocycles. The monoisotopic (exact) mass is 291 g/mol. The molecule has 0 aromatic heterocycles. The van der Waals surface area contributed by atoms with Gasteiger partial charge in [0, 0.05) is 6.04 Å². The fourth-order valence-corrected chi connectivity index (χ4v) is 3.30. The van der Waals surface area contributed by atoms with Gasteiger partial charge in [-0.05, 0) is 50.0 Å². The smallest absolute Gasteiger partial charge is 0.404 e. The third-order valence-corrected chi connectivity index (χ3v) is 4.80. The van der Waals surface area contributed by atoms with Gasteiger partial charge in [-0.3, -0.25) is 0 Å². The molecule has 21 heavy (non-hydrogen) atoms. The highest BCUT2D eigenvalue weighted by Gasteiger charge is 2.35. The maximum atomic E-state index is 11.1. The van der Waals surface area contributed by atoms with E-state index >= 15 is 0 Å². The van der Waals surface area contributed by atoms with Gasteiger partial charge in [-0.2, -0.15) is 0 Å². The van der Waals surface area contributed by atoms with Crippen LogP contribution in [0.15, 0.2) is 30.3 Å². The fourth-order valence-electron chi connectivity index (χ4n) is 3.30. The average molecular weight is 291 g/mol. The van der Waals surface area contributed by atoms with Crippen molar-refractivity contribution >= 4 is 6.09 Å². The Kier molecular flexibility index (Phi) is 5.23. The summed E-state index contributed by atoms with van der Waals surface area (Å²) >= 11 is 0. The quantitative estimate of drug-likeness (QED) is 0.780. The predicted molar refractivity (Wildman–Crippen MR) is 82.3 cm³/mol. The first-order chi connectivity index (χ1) is 10.0. The minimum atomic E-state index is -0.966. The molecule has 0 heterocycles. The zero-order chi connectivity index (χ0) is 15.3. The molecule has 0 radical (unpaired) electrons. The summed E-state index contributed by atoms with van der Waals surface area (Å²) in [4.78, 5) is 11.1. The van der Waals surface area contributed by atoms with Crippen molar-refractivity contribution in [1.82, 2.24) is 5.32 Å². The topological polar surface area (TPSA) is 69.6 Å². The van der Waals surface area contributed by atoms with Crippen LogP contribution in [0.25, 0.3) is 0 Å². The number of hydrogen-bond acceptors (Lipinski definition) is 2. The summed E-state index contributed by atoms with van der Waals surface area (Å²) in [5, 5.41) is 22.1. The van der Waals surface area contributed by atoms with E-state index in [1.165, 1.54) is 0 Å². The summed E-state index contributed by atoms with van der Waals surface area (Å²) in [5.41, 5.74) is 0.601. The first-order valence-electron chi connectivity index (χ1n) is 7.78. The number of hydrogen-bond donors (Lipinski definition) is 3. The molecule has 1 aliphatic rings. The second kappa shape index (κ2) is 6.94. The van der Waals surface area contributed by atoms with Crippen LogP contribution >= 0.6 is 0 Å². The summed E-state index contributed by atoms with van der Waals surface area (Å²) in [6.07, 6.45) is 3.80. The van der Waals surface area contributed by atoms with Gasteiger partial charge >= 0.3 is 6.09 Å². The Morgan fingerprint density at radius 1 is 1.33 bits per heavy atom. The number of aliphatic hydroxyl groups is 1. The van der Waals surface area contributed by atoms with Crippen LogP contribution in [0.1, 0.15) is 44.6 Å².